The Morgan fingerprint density at radius 3 is 2.89 bits per heavy atom. The van der Waals surface area contributed by atoms with Gasteiger partial charge in [-0.25, -0.2) is 4.98 Å². The second-order valence-corrected chi connectivity index (χ2v) is 7.03. The first-order valence-electron chi connectivity index (χ1n) is 7.01. The van der Waals surface area contributed by atoms with Crippen molar-refractivity contribution in [1.82, 2.24) is 4.98 Å². The number of nitrogens with two attached hydrogens (primary N) is 1. The van der Waals surface area contributed by atoms with E-state index in [1.807, 2.05) is 6.92 Å². The summed E-state index contributed by atoms with van der Waals surface area (Å²) in [5.41, 5.74) is 7.54. The van der Waals surface area contributed by atoms with E-state index < -0.39 is 0 Å². The fourth-order valence-electron chi connectivity index (χ4n) is 3.31. The molecule has 2 fully saturated rings. The molecule has 106 valence electrons. The Balaban J connectivity index is 1.76. The van der Waals surface area contributed by atoms with Crippen molar-refractivity contribution in [3.05, 3.63) is 15.6 Å². The first-order valence-corrected chi connectivity index (χ1v) is 7.82. The predicted octanol–water partition coefficient (Wildman–Crippen LogP) is 2.35. The molecule has 1 spiro atoms. The van der Waals surface area contributed by atoms with Crippen molar-refractivity contribution in [3.63, 3.8) is 0 Å². The number of aromatic nitrogens is 1. The van der Waals surface area contributed by atoms with E-state index in [0.29, 0.717) is 5.92 Å². The fourth-order valence-corrected chi connectivity index (χ4v) is 4.33. The first kappa shape index (κ1) is 13.5. The summed E-state index contributed by atoms with van der Waals surface area (Å²) < 4.78 is 11.5. The van der Waals surface area contributed by atoms with E-state index in [-0.39, 0.29) is 11.6 Å². The molecule has 0 saturated carbocycles. The van der Waals surface area contributed by atoms with Crippen LogP contribution in [0.5, 0.6) is 0 Å². The third-order valence-electron chi connectivity index (χ3n) is 4.35. The van der Waals surface area contributed by atoms with Crippen molar-refractivity contribution in [2.24, 2.45) is 11.7 Å². The van der Waals surface area contributed by atoms with Crippen molar-refractivity contribution < 1.29 is 9.47 Å². The van der Waals surface area contributed by atoms with Gasteiger partial charge in [0, 0.05) is 30.6 Å². The van der Waals surface area contributed by atoms with E-state index in [1.54, 1.807) is 11.3 Å². The summed E-state index contributed by atoms with van der Waals surface area (Å²) in [6.07, 6.45) is 3.07. The first-order chi connectivity index (χ1) is 9.10. The summed E-state index contributed by atoms with van der Waals surface area (Å²) in [4.78, 5) is 5.75. The van der Waals surface area contributed by atoms with Gasteiger partial charge in [-0.2, -0.15) is 0 Å². The van der Waals surface area contributed by atoms with Crippen molar-refractivity contribution >= 4 is 11.3 Å². The lowest BCUT2D eigenvalue weighted by Crippen LogP contribution is -2.43. The highest BCUT2D eigenvalue weighted by Crippen LogP contribution is 2.41. The van der Waals surface area contributed by atoms with E-state index in [2.05, 4.69) is 11.9 Å². The van der Waals surface area contributed by atoms with Gasteiger partial charge in [0.2, 0.25) is 0 Å². The van der Waals surface area contributed by atoms with Crippen LogP contribution in [0.4, 0.5) is 0 Å². The number of ether oxygens (including phenoxy) is 2. The van der Waals surface area contributed by atoms with E-state index in [4.69, 9.17) is 15.2 Å². The van der Waals surface area contributed by atoms with Gasteiger partial charge < -0.3 is 15.2 Å². The molecule has 0 amide bonds. The van der Waals surface area contributed by atoms with Crippen LogP contribution in [0.2, 0.25) is 0 Å². The molecular formula is C14H22N2O2S. The molecule has 1 aromatic heterocycles. The topological polar surface area (TPSA) is 57.4 Å². The summed E-state index contributed by atoms with van der Waals surface area (Å²) in [6, 6.07) is 0.0903. The Bertz CT molecular complexity index is 454. The zero-order valence-electron chi connectivity index (χ0n) is 11.6. The maximum absolute atomic E-state index is 6.51. The van der Waals surface area contributed by atoms with Crippen LogP contribution in [-0.2, 0) is 9.47 Å². The van der Waals surface area contributed by atoms with Crippen LogP contribution in [0.1, 0.15) is 40.9 Å². The quantitative estimate of drug-likeness (QED) is 0.904. The van der Waals surface area contributed by atoms with Crippen molar-refractivity contribution in [2.45, 2.75) is 44.8 Å². The minimum atomic E-state index is -0.0613. The average Bonchev–Trinajstić information content (AvgIpc) is 2.96. The lowest BCUT2D eigenvalue weighted by Gasteiger charge is -2.39. The van der Waals surface area contributed by atoms with Crippen LogP contribution in [0.15, 0.2) is 0 Å². The molecule has 0 aromatic carbocycles. The molecule has 3 unspecified atom stereocenters. The van der Waals surface area contributed by atoms with E-state index >= 15 is 0 Å². The Morgan fingerprint density at radius 1 is 1.42 bits per heavy atom. The van der Waals surface area contributed by atoms with Gasteiger partial charge in [-0.05, 0) is 32.6 Å². The standard InChI is InChI=1S/C14H22N2O2S/c1-9-13(19-10(2)16-9)12(15)11-3-5-18-14(7-11)4-6-17-8-14/h11-12H,3-8,15H2,1-2H3. The summed E-state index contributed by atoms with van der Waals surface area (Å²) in [6.45, 7) is 6.47. The molecule has 0 radical (unpaired) electrons. The molecule has 2 N–H and O–H groups in total. The van der Waals surface area contributed by atoms with Crippen molar-refractivity contribution in [2.75, 3.05) is 19.8 Å². The number of hydrogen-bond donors (Lipinski definition) is 1. The van der Waals surface area contributed by atoms with Gasteiger partial charge in [0.25, 0.3) is 0 Å². The SMILES string of the molecule is Cc1nc(C)c(C(N)C2CCOC3(CCOC3)C2)s1. The van der Waals surface area contributed by atoms with Crippen LogP contribution in [0.25, 0.3) is 0 Å². The monoisotopic (exact) mass is 282 g/mol. The molecule has 3 heterocycles. The second-order valence-electron chi connectivity index (χ2n) is 5.80. The molecule has 2 saturated heterocycles. The van der Waals surface area contributed by atoms with Gasteiger partial charge in [-0.3, -0.25) is 0 Å². The lowest BCUT2D eigenvalue weighted by molar-refractivity contribution is -0.101. The van der Waals surface area contributed by atoms with Crippen LogP contribution in [0, 0.1) is 19.8 Å². The largest absolute Gasteiger partial charge is 0.378 e. The fraction of sp³-hybridized carbons (Fsp3) is 0.786. The summed E-state index contributed by atoms with van der Waals surface area (Å²) in [5.74, 6) is 0.481. The number of hydrogen-bond acceptors (Lipinski definition) is 5. The van der Waals surface area contributed by atoms with Gasteiger partial charge >= 0.3 is 0 Å². The van der Waals surface area contributed by atoms with Gasteiger partial charge in [0.15, 0.2) is 0 Å². The van der Waals surface area contributed by atoms with Crippen LogP contribution in [0.3, 0.4) is 0 Å². The maximum atomic E-state index is 6.51. The third-order valence-corrected chi connectivity index (χ3v) is 5.52. The number of aryl methyl sites for hydroxylation is 2. The van der Waals surface area contributed by atoms with Crippen LogP contribution in [-0.4, -0.2) is 30.4 Å². The number of nitrogens with zero attached hydrogens (tertiary/aromatic N) is 1. The minimum Gasteiger partial charge on any atom is -0.378 e. The van der Waals surface area contributed by atoms with Gasteiger partial charge in [-0.1, -0.05) is 0 Å². The molecular weight excluding hydrogens is 260 g/mol. The Hall–Kier alpha value is -0.490. The van der Waals surface area contributed by atoms with E-state index in [0.717, 1.165) is 49.8 Å². The van der Waals surface area contributed by atoms with Crippen molar-refractivity contribution in [1.29, 1.82) is 0 Å². The smallest absolute Gasteiger partial charge is 0.0940 e. The second kappa shape index (κ2) is 5.13. The normalized spacial score (nSPS) is 32.9. The highest BCUT2D eigenvalue weighted by Gasteiger charge is 2.43. The molecule has 5 heteroatoms. The molecule has 19 heavy (non-hydrogen) atoms. The molecule has 3 rings (SSSR count). The van der Waals surface area contributed by atoms with E-state index in [9.17, 15) is 0 Å². The van der Waals surface area contributed by atoms with Crippen molar-refractivity contribution in [3.8, 4) is 0 Å². The summed E-state index contributed by atoms with van der Waals surface area (Å²) >= 11 is 1.74. The highest BCUT2D eigenvalue weighted by molar-refractivity contribution is 7.11. The Labute approximate surface area is 118 Å². The summed E-state index contributed by atoms with van der Waals surface area (Å²) in [5, 5.41) is 1.11. The summed E-state index contributed by atoms with van der Waals surface area (Å²) in [7, 11) is 0. The van der Waals surface area contributed by atoms with Crippen LogP contribution >= 0.6 is 11.3 Å². The molecule has 1 aromatic rings. The Morgan fingerprint density at radius 2 is 2.26 bits per heavy atom. The number of rotatable bonds is 2. The minimum absolute atomic E-state index is 0.0613. The zero-order valence-corrected chi connectivity index (χ0v) is 12.5. The molecule has 3 atom stereocenters. The molecule has 2 aliphatic heterocycles. The van der Waals surface area contributed by atoms with E-state index in [1.165, 1.54) is 4.88 Å². The molecule has 0 aliphatic carbocycles. The number of thiazole rings is 1. The van der Waals surface area contributed by atoms with Gasteiger partial charge in [0.05, 0.1) is 22.9 Å². The lowest BCUT2D eigenvalue weighted by atomic mass is 9.81. The third kappa shape index (κ3) is 2.57. The van der Waals surface area contributed by atoms with Gasteiger partial charge in [0.1, 0.15) is 0 Å². The zero-order chi connectivity index (χ0) is 13.5. The molecule has 0 bridgehead atoms. The molecule has 4 nitrogen and oxygen atoms in total. The molecule has 2 aliphatic rings. The maximum Gasteiger partial charge on any atom is 0.0940 e. The van der Waals surface area contributed by atoms with Gasteiger partial charge in [-0.15, -0.1) is 11.3 Å². The highest BCUT2D eigenvalue weighted by atomic mass is 32.1. The Kier molecular flexibility index (Phi) is 3.64. The van der Waals surface area contributed by atoms with Crippen LogP contribution < -0.4 is 5.73 Å². The predicted molar refractivity (Wildman–Crippen MR) is 75.4 cm³/mol. The average molecular weight is 282 g/mol.